The van der Waals surface area contributed by atoms with Gasteiger partial charge in [-0.25, -0.2) is 4.98 Å². The smallest absolute Gasteiger partial charge is 0.147 e. The lowest BCUT2D eigenvalue weighted by atomic mass is 10.1. The molecule has 0 spiro atoms. The number of aromatic nitrogens is 2. The molecule has 0 aliphatic heterocycles. The van der Waals surface area contributed by atoms with Gasteiger partial charge in [0.2, 0.25) is 0 Å². The minimum atomic E-state index is 0.388. The fourth-order valence-electron chi connectivity index (χ4n) is 2.76. The number of ether oxygens (including phenoxy) is 2. The Morgan fingerprint density at radius 1 is 1.12 bits per heavy atom. The van der Waals surface area contributed by atoms with E-state index < -0.39 is 0 Å². The molecule has 5 nitrogen and oxygen atoms in total. The Morgan fingerprint density at radius 3 is 2.44 bits per heavy atom. The third kappa shape index (κ3) is 3.49. The van der Waals surface area contributed by atoms with Crippen molar-refractivity contribution in [2.45, 2.75) is 6.54 Å². The van der Waals surface area contributed by atoms with Crippen LogP contribution in [0.5, 0.6) is 11.5 Å². The summed E-state index contributed by atoms with van der Waals surface area (Å²) in [5.74, 6) is 2.20. The second-order valence-electron chi connectivity index (χ2n) is 5.48. The van der Waals surface area contributed by atoms with E-state index >= 15 is 0 Å². The highest BCUT2D eigenvalue weighted by molar-refractivity contribution is 7.80. The number of nitrogens with zero attached hydrogens (tertiary/aromatic N) is 2. The average Bonchev–Trinajstić information content (AvgIpc) is 3.08. The quantitative estimate of drug-likeness (QED) is 0.689. The summed E-state index contributed by atoms with van der Waals surface area (Å²) in [4.78, 5) is 4.90. The van der Waals surface area contributed by atoms with Crippen LogP contribution in [0.1, 0.15) is 11.1 Å². The van der Waals surface area contributed by atoms with E-state index in [1.54, 1.807) is 20.4 Å². The number of rotatable bonds is 6. The van der Waals surface area contributed by atoms with E-state index in [2.05, 4.69) is 4.98 Å². The standard InChI is InChI=1S/C19H19N3O2S/c1-23-15-7-4-8-16(24-2)17(15)19-21-9-10-22(19)12-13-5-3-6-14(11-13)18(20)25/h3-11H,12H2,1-2H3,(H2,20,25). The van der Waals surface area contributed by atoms with Crippen LogP contribution in [0.3, 0.4) is 0 Å². The summed E-state index contributed by atoms with van der Waals surface area (Å²) in [5, 5.41) is 0. The molecule has 25 heavy (non-hydrogen) atoms. The van der Waals surface area contributed by atoms with Gasteiger partial charge in [-0.05, 0) is 23.8 Å². The lowest BCUT2D eigenvalue weighted by molar-refractivity contribution is 0.396. The Kier molecular flexibility index (Phi) is 5.00. The van der Waals surface area contributed by atoms with Crippen LogP contribution < -0.4 is 15.2 Å². The first-order valence-electron chi connectivity index (χ1n) is 7.75. The van der Waals surface area contributed by atoms with Gasteiger partial charge in [-0.2, -0.15) is 0 Å². The van der Waals surface area contributed by atoms with Gasteiger partial charge in [0, 0.05) is 24.5 Å². The highest BCUT2D eigenvalue weighted by Gasteiger charge is 2.17. The van der Waals surface area contributed by atoms with Crippen molar-refractivity contribution < 1.29 is 9.47 Å². The molecule has 0 aliphatic carbocycles. The van der Waals surface area contributed by atoms with Gasteiger partial charge in [-0.3, -0.25) is 0 Å². The van der Waals surface area contributed by atoms with Crippen molar-refractivity contribution in [1.82, 2.24) is 9.55 Å². The number of thiocarbonyl (C=S) groups is 1. The Bertz CT molecular complexity index is 883. The van der Waals surface area contributed by atoms with Crippen LogP contribution in [-0.2, 0) is 6.54 Å². The van der Waals surface area contributed by atoms with Crippen LogP contribution in [-0.4, -0.2) is 28.8 Å². The van der Waals surface area contributed by atoms with Crippen molar-refractivity contribution in [2.75, 3.05) is 14.2 Å². The minimum Gasteiger partial charge on any atom is -0.496 e. The monoisotopic (exact) mass is 353 g/mol. The summed E-state index contributed by atoms with van der Waals surface area (Å²) >= 11 is 5.06. The van der Waals surface area contributed by atoms with Gasteiger partial charge in [-0.15, -0.1) is 0 Å². The maximum atomic E-state index is 5.73. The Balaban J connectivity index is 2.02. The fourth-order valence-corrected chi connectivity index (χ4v) is 2.88. The van der Waals surface area contributed by atoms with E-state index in [0.717, 1.165) is 22.5 Å². The number of benzene rings is 2. The zero-order chi connectivity index (χ0) is 17.8. The molecule has 3 rings (SSSR count). The van der Waals surface area contributed by atoms with Crippen molar-refractivity contribution in [3.8, 4) is 22.9 Å². The molecule has 128 valence electrons. The maximum Gasteiger partial charge on any atom is 0.147 e. The fraction of sp³-hybridized carbons (Fsp3) is 0.158. The molecule has 0 bridgehead atoms. The van der Waals surface area contributed by atoms with Gasteiger partial charge >= 0.3 is 0 Å². The van der Waals surface area contributed by atoms with Gasteiger partial charge < -0.3 is 19.8 Å². The summed E-state index contributed by atoms with van der Waals surface area (Å²) in [6.45, 7) is 0.632. The first-order chi connectivity index (χ1) is 12.1. The largest absolute Gasteiger partial charge is 0.496 e. The molecule has 0 fully saturated rings. The normalized spacial score (nSPS) is 10.5. The summed E-state index contributed by atoms with van der Waals surface area (Å²) in [7, 11) is 3.27. The van der Waals surface area contributed by atoms with Crippen molar-refractivity contribution >= 4 is 17.2 Å². The molecule has 1 heterocycles. The molecule has 3 aromatic rings. The van der Waals surface area contributed by atoms with Crippen LogP contribution in [0.15, 0.2) is 54.9 Å². The minimum absolute atomic E-state index is 0.388. The second-order valence-corrected chi connectivity index (χ2v) is 5.92. The van der Waals surface area contributed by atoms with Crippen molar-refractivity contribution in [3.05, 3.63) is 66.0 Å². The van der Waals surface area contributed by atoms with E-state index in [4.69, 9.17) is 27.4 Å². The molecule has 1 aromatic heterocycles. The Labute approximate surface area is 152 Å². The number of imidazole rings is 1. The molecular weight excluding hydrogens is 334 g/mol. The van der Waals surface area contributed by atoms with Crippen LogP contribution in [0.25, 0.3) is 11.4 Å². The van der Waals surface area contributed by atoms with E-state index in [1.807, 2.05) is 53.2 Å². The molecule has 2 N–H and O–H groups in total. The molecule has 0 saturated carbocycles. The molecule has 0 saturated heterocycles. The van der Waals surface area contributed by atoms with Crippen LogP contribution in [0, 0.1) is 0 Å². The van der Waals surface area contributed by atoms with Gasteiger partial charge in [0.15, 0.2) is 0 Å². The lowest BCUT2D eigenvalue weighted by Gasteiger charge is -2.15. The number of nitrogens with two attached hydrogens (primary N) is 1. The Hall–Kier alpha value is -2.86. The molecule has 0 amide bonds. The third-order valence-electron chi connectivity index (χ3n) is 3.93. The molecule has 0 aliphatic rings. The lowest BCUT2D eigenvalue weighted by Crippen LogP contribution is -2.10. The predicted octanol–water partition coefficient (Wildman–Crippen LogP) is 3.25. The van der Waals surface area contributed by atoms with Crippen LogP contribution in [0.2, 0.25) is 0 Å². The summed E-state index contributed by atoms with van der Waals surface area (Å²) in [6.07, 6.45) is 3.69. The topological polar surface area (TPSA) is 62.3 Å². The average molecular weight is 353 g/mol. The number of methoxy groups -OCH3 is 2. The third-order valence-corrected chi connectivity index (χ3v) is 4.17. The van der Waals surface area contributed by atoms with Gasteiger partial charge in [0.05, 0.1) is 14.2 Å². The Morgan fingerprint density at radius 2 is 1.80 bits per heavy atom. The second kappa shape index (κ2) is 7.36. The molecule has 6 heteroatoms. The van der Waals surface area contributed by atoms with Gasteiger partial charge in [0.1, 0.15) is 27.9 Å². The predicted molar refractivity (Wildman–Crippen MR) is 102 cm³/mol. The van der Waals surface area contributed by atoms with Gasteiger partial charge in [-0.1, -0.05) is 36.5 Å². The summed E-state index contributed by atoms with van der Waals surface area (Å²) < 4.78 is 13.0. The van der Waals surface area contributed by atoms with E-state index in [0.29, 0.717) is 23.0 Å². The zero-order valence-corrected chi connectivity index (χ0v) is 14.9. The molecular formula is C19H19N3O2S. The van der Waals surface area contributed by atoms with Crippen molar-refractivity contribution in [1.29, 1.82) is 0 Å². The first-order valence-corrected chi connectivity index (χ1v) is 8.16. The summed E-state index contributed by atoms with van der Waals surface area (Å²) in [5.41, 5.74) is 8.49. The maximum absolute atomic E-state index is 5.73. The zero-order valence-electron chi connectivity index (χ0n) is 14.1. The molecule has 0 radical (unpaired) electrons. The molecule has 2 aromatic carbocycles. The van der Waals surface area contributed by atoms with E-state index in [1.165, 1.54) is 0 Å². The number of hydrogen-bond acceptors (Lipinski definition) is 4. The molecule has 0 atom stereocenters. The summed E-state index contributed by atoms with van der Waals surface area (Å²) in [6, 6.07) is 13.6. The SMILES string of the molecule is COc1cccc(OC)c1-c1nccn1Cc1cccc(C(N)=S)c1. The first kappa shape index (κ1) is 17.0. The van der Waals surface area contributed by atoms with Crippen LogP contribution >= 0.6 is 12.2 Å². The van der Waals surface area contributed by atoms with Gasteiger partial charge in [0.25, 0.3) is 0 Å². The number of hydrogen-bond donors (Lipinski definition) is 1. The highest BCUT2D eigenvalue weighted by Crippen LogP contribution is 2.37. The highest BCUT2D eigenvalue weighted by atomic mass is 32.1. The van der Waals surface area contributed by atoms with E-state index in [-0.39, 0.29) is 0 Å². The van der Waals surface area contributed by atoms with Crippen molar-refractivity contribution in [3.63, 3.8) is 0 Å². The van der Waals surface area contributed by atoms with Crippen LogP contribution in [0.4, 0.5) is 0 Å². The van der Waals surface area contributed by atoms with E-state index in [9.17, 15) is 0 Å². The molecule has 0 unspecified atom stereocenters. The van der Waals surface area contributed by atoms with Crippen molar-refractivity contribution in [2.24, 2.45) is 5.73 Å².